The molecule has 0 bridgehead atoms. The summed E-state index contributed by atoms with van der Waals surface area (Å²) < 4.78 is 0. The molecule has 0 aliphatic rings. The van der Waals surface area contributed by atoms with Gasteiger partial charge in [0.1, 0.15) is 0 Å². The van der Waals surface area contributed by atoms with Crippen molar-refractivity contribution in [2.75, 3.05) is 0 Å². The van der Waals surface area contributed by atoms with Gasteiger partial charge in [0.05, 0.1) is 0 Å². The second-order valence-corrected chi connectivity index (χ2v) is 17.9. The summed E-state index contributed by atoms with van der Waals surface area (Å²) in [5.74, 6) is 0. The molecule has 0 aliphatic carbocycles. The Labute approximate surface area is 382 Å². The summed E-state index contributed by atoms with van der Waals surface area (Å²) >= 11 is 0. The summed E-state index contributed by atoms with van der Waals surface area (Å²) in [6, 6.07) is 90.4. The van der Waals surface area contributed by atoms with Gasteiger partial charge in [-0.1, -0.05) is 206 Å². The maximum absolute atomic E-state index is 2.46. The van der Waals surface area contributed by atoms with E-state index in [-0.39, 0.29) is 0 Å². The SMILES string of the molecule is c1ccc(-c2ccc3cc(-c4ccc5c(c4)c4ccccc4c4c6ccc(-c7cc8ccc(-c9ccccc9)cc8c8ccccc78)cc6c6ccccc6c54)c4ccccc4c3c2)cc1. The highest BCUT2D eigenvalue weighted by molar-refractivity contribution is 6.40. The summed E-state index contributed by atoms with van der Waals surface area (Å²) in [5.41, 5.74) is 9.91. The molecule has 0 saturated heterocycles. The van der Waals surface area contributed by atoms with Gasteiger partial charge in [-0.15, -0.1) is 0 Å². The van der Waals surface area contributed by atoms with Crippen LogP contribution in [-0.2, 0) is 0 Å². The van der Waals surface area contributed by atoms with Crippen LogP contribution in [0, 0.1) is 0 Å². The zero-order valence-electron chi connectivity index (χ0n) is 36.1. The highest BCUT2D eigenvalue weighted by Crippen LogP contribution is 2.47. The van der Waals surface area contributed by atoms with E-state index in [1.54, 1.807) is 0 Å². The third-order valence-electron chi connectivity index (χ3n) is 14.4. The molecule has 0 heterocycles. The smallest absolute Gasteiger partial charge is 0.00139 e. The van der Waals surface area contributed by atoms with Gasteiger partial charge in [-0.25, -0.2) is 0 Å². The van der Waals surface area contributed by atoms with Crippen molar-refractivity contribution in [2.24, 2.45) is 0 Å². The molecule has 0 spiro atoms. The number of hydrogen-bond acceptors (Lipinski definition) is 0. The molecule has 0 nitrogen and oxygen atoms in total. The summed E-state index contributed by atoms with van der Waals surface area (Å²) in [6.07, 6.45) is 0. The van der Waals surface area contributed by atoms with E-state index in [4.69, 9.17) is 0 Å². The van der Waals surface area contributed by atoms with Gasteiger partial charge in [-0.3, -0.25) is 0 Å². The second kappa shape index (κ2) is 14.5. The van der Waals surface area contributed by atoms with E-state index in [0.29, 0.717) is 0 Å². The summed E-state index contributed by atoms with van der Waals surface area (Å²) in [4.78, 5) is 0. The fourth-order valence-electron chi connectivity index (χ4n) is 11.3. The van der Waals surface area contributed by atoms with E-state index in [9.17, 15) is 0 Å². The van der Waals surface area contributed by atoms with E-state index in [0.717, 1.165) is 0 Å². The van der Waals surface area contributed by atoms with E-state index < -0.39 is 0 Å². The second-order valence-electron chi connectivity index (χ2n) is 17.9. The molecule has 14 aromatic carbocycles. The first-order valence-corrected chi connectivity index (χ1v) is 23.0. The van der Waals surface area contributed by atoms with Crippen molar-refractivity contribution in [3.8, 4) is 44.5 Å². The lowest BCUT2D eigenvalue weighted by atomic mass is 9.84. The van der Waals surface area contributed by atoms with Crippen LogP contribution >= 0.6 is 0 Å². The topological polar surface area (TPSA) is 0 Å². The molecule has 0 aromatic heterocycles. The molecule has 66 heavy (non-hydrogen) atoms. The summed E-state index contributed by atoms with van der Waals surface area (Å²) in [6.45, 7) is 0. The Balaban J connectivity index is 0.987. The number of hydrogen-bond donors (Lipinski definition) is 0. The van der Waals surface area contributed by atoms with Crippen LogP contribution in [0.4, 0.5) is 0 Å². The van der Waals surface area contributed by atoms with Crippen molar-refractivity contribution in [2.45, 2.75) is 0 Å². The van der Waals surface area contributed by atoms with Gasteiger partial charge in [0.25, 0.3) is 0 Å². The number of rotatable bonds is 4. The van der Waals surface area contributed by atoms with Crippen LogP contribution in [0.15, 0.2) is 243 Å². The van der Waals surface area contributed by atoms with Gasteiger partial charge in [-0.05, 0) is 178 Å². The molecular weight excluding hydrogens is 793 g/mol. The average molecular weight is 833 g/mol. The normalized spacial score (nSPS) is 11.9. The van der Waals surface area contributed by atoms with Crippen LogP contribution in [-0.4, -0.2) is 0 Å². The van der Waals surface area contributed by atoms with Crippen LogP contribution < -0.4 is 0 Å². The molecule has 304 valence electrons. The fraction of sp³-hybridized carbons (Fsp3) is 0. The van der Waals surface area contributed by atoms with Crippen molar-refractivity contribution in [3.63, 3.8) is 0 Å². The van der Waals surface area contributed by atoms with Crippen LogP contribution in [0.3, 0.4) is 0 Å². The molecular formula is C66H40. The lowest BCUT2D eigenvalue weighted by Gasteiger charge is -2.19. The molecule has 0 radical (unpaired) electrons. The van der Waals surface area contributed by atoms with Crippen molar-refractivity contribution < 1.29 is 0 Å². The predicted octanol–water partition coefficient (Wildman–Crippen LogP) is 18.7. The quantitative estimate of drug-likeness (QED) is 0.155. The molecule has 14 rings (SSSR count). The average Bonchev–Trinajstić information content (AvgIpc) is 3.40. The minimum absolute atomic E-state index is 1.23. The van der Waals surface area contributed by atoms with Gasteiger partial charge >= 0.3 is 0 Å². The molecule has 0 fully saturated rings. The lowest BCUT2D eigenvalue weighted by Crippen LogP contribution is -1.91. The Morgan fingerprint density at radius 2 is 0.455 bits per heavy atom. The van der Waals surface area contributed by atoms with Gasteiger partial charge in [-0.2, -0.15) is 0 Å². The Morgan fingerprint density at radius 1 is 0.152 bits per heavy atom. The van der Waals surface area contributed by atoms with Crippen molar-refractivity contribution in [1.82, 2.24) is 0 Å². The highest BCUT2D eigenvalue weighted by Gasteiger charge is 2.19. The fourth-order valence-corrected chi connectivity index (χ4v) is 11.3. The Hall–Kier alpha value is -8.58. The van der Waals surface area contributed by atoms with E-state index >= 15 is 0 Å². The van der Waals surface area contributed by atoms with Crippen molar-refractivity contribution in [1.29, 1.82) is 0 Å². The summed E-state index contributed by atoms with van der Waals surface area (Å²) in [5, 5.41) is 23.0. The summed E-state index contributed by atoms with van der Waals surface area (Å²) in [7, 11) is 0. The molecule has 0 saturated carbocycles. The Bertz CT molecular complexity index is 4030. The minimum atomic E-state index is 1.23. The van der Waals surface area contributed by atoms with Crippen LogP contribution in [0.2, 0.25) is 0 Å². The minimum Gasteiger partial charge on any atom is -0.0622 e. The first-order chi connectivity index (χ1) is 32.7. The maximum Gasteiger partial charge on any atom is -0.00139 e. The third kappa shape index (κ3) is 5.59. The van der Waals surface area contributed by atoms with Crippen LogP contribution in [0.25, 0.3) is 141 Å². The van der Waals surface area contributed by atoms with Crippen LogP contribution in [0.5, 0.6) is 0 Å². The molecule has 0 N–H and O–H groups in total. The first-order valence-electron chi connectivity index (χ1n) is 23.0. The van der Waals surface area contributed by atoms with E-state index in [1.165, 1.54) is 141 Å². The maximum atomic E-state index is 2.46. The Morgan fingerprint density at radius 3 is 0.864 bits per heavy atom. The van der Waals surface area contributed by atoms with E-state index in [1.807, 2.05) is 0 Å². The first kappa shape index (κ1) is 36.9. The lowest BCUT2D eigenvalue weighted by molar-refractivity contribution is 1.65. The molecule has 0 atom stereocenters. The van der Waals surface area contributed by atoms with Gasteiger partial charge in [0, 0.05) is 0 Å². The Kier molecular flexibility index (Phi) is 8.08. The monoisotopic (exact) mass is 832 g/mol. The molecule has 0 amide bonds. The largest absolute Gasteiger partial charge is 0.0622 e. The molecule has 0 heteroatoms. The number of fused-ring (bicyclic) bond motifs is 17. The zero-order chi connectivity index (χ0) is 43.3. The van der Waals surface area contributed by atoms with Crippen molar-refractivity contribution >= 4 is 97.0 Å². The highest BCUT2D eigenvalue weighted by atomic mass is 14.2. The number of benzene rings is 14. The zero-order valence-corrected chi connectivity index (χ0v) is 36.1. The van der Waals surface area contributed by atoms with Gasteiger partial charge < -0.3 is 0 Å². The molecule has 14 aromatic rings. The van der Waals surface area contributed by atoms with Gasteiger partial charge in [0.2, 0.25) is 0 Å². The third-order valence-corrected chi connectivity index (χ3v) is 14.4. The predicted molar refractivity (Wildman–Crippen MR) is 286 cm³/mol. The molecule has 0 unspecified atom stereocenters. The van der Waals surface area contributed by atoms with E-state index in [2.05, 4.69) is 243 Å². The molecule has 0 aliphatic heterocycles. The van der Waals surface area contributed by atoms with Crippen molar-refractivity contribution in [3.05, 3.63) is 243 Å². The van der Waals surface area contributed by atoms with Crippen LogP contribution in [0.1, 0.15) is 0 Å². The standard InChI is InChI=1S/C66H40/c1-3-15-41(16-4-1)43-27-29-45-37-61(51-21-9-7-19-49(51)59(45)35-43)47-31-33-57-63(39-47)53-23-11-13-25-55(53)66-58-34-32-48(40-64(58)54-24-12-14-26-56(54)65(57)66)62-38-46-30-28-44(42-17-5-2-6-18-42)36-60(46)50-20-8-10-22-52(50)62/h1-40H. The van der Waals surface area contributed by atoms with Gasteiger partial charge in [0.15, 0.2) is 0 Å².